The lowest BCUT2D eigenvalue weighted by Gasteiger charge is -2.03. The van der Waals surface area contributed by atoms with E-state index in [9.17, 15) is 13.6 Å². The molecule has 0 aromatic carbocycles. The van der Waals surface area contributed by atoms with Crippen LogP contribution in [0.2, 0.25) is 0 Å². The summed E-state index contributed by atoms with van der Waals surface area (Å²) in [6.45, 7) is -0.0136. The van der Waals surface area contributed by atoms with Crippen molar-refractivity contribution in [1.82, 2.24) is 15.0 Å². The van der Waals surface area contributed by atoms with E-state index in [1.807, 2.05) is 0 Å². The third kappa shape index (κ3) is 3.08. The SMILES string of the molecule is O=C(O)Cc1cnnn1CCC(F)F. The molecule has 0 aliphatic rings. The molecule has 1 aromatic heterocycles. The van der Waals surface area contributed by atoms with Crippen LogP contribution in [0.5, 0.6) is 0 Å². The third-order valence-electron chi connectivity index (χ3n) is 1.59. The smallest absolute Gasteiger partial charge is 0.309 e. The Hall–Kier alpha value is -1.53. The fourth-order valence-electron chi connectivity index (χ4n) is 0.979. The Morgan fingerprint density at radius 2 is 2.36 bits per heavy atom. The molecule has 1 N–H and O–H groups in total. The van der Waals surface area contributed by atoms with E-state index in [1.54, 1.807) is 0 Å². The maximum Gasteiger partial charge on any atom is 0.309 e. The zero-order valence-electron chi connectivity index (χ0n) is 7.23. The molecular weight excluding hydrogens is 196 g/mol. The number of nitrogens with zero attached hydrogens (tertiary/aromatic N) is 3. The number of aromatic nitrogens is 3. The molecule has 78 valence electrons. The molecule has 0 saturated heterocycles. The van der Waals surface area contributed by atoms with Gasteiger partial charge in [0.25, 0.3) is 0 Å². The minimum Gasteiger partial charge on any atom is -0.481 e. The molecule has 0 atom stereocenters. The molecule has 0 radical (unpaired) electrons. The summed E-state index contributed by atoms with van der Waals surface area (Å²) >= 11 is 0. The first-order valence-corrected chi connectivity index (χ1v) is 3.97. The molecule has 0 amide bonds. The van der Waals surface area contributed by atoms with Crippen LogP contribution in [-0.2, 0) is 17.8 Å². The first-order chi connectivity index (χ1) is 6.59. The average molecular weight is 205 g/mol. The van der Waals surface area contributed by atoms with Crippen molar-refractivity contribution in [3.8, 4) is 0 Å². The minimum absolute atomic E-state index is 0.0136. The summed E-state index contributed by atoms with van der Waals surface area (Å²) in [5.74, 6) is -1.04. The second-order valence-electron chi connectivity index (χ2n) is 2.70. The molecule has 7 heteroatoms. The summed E-state index contributed by atoms with van der Waals surface area (Å²) in [7, 11) is 0. The number of hydrogen-bond donors (Lipinski definition) is 1. The largest absolute Gasteiger partial charge is 0.481 e. The summed E-state index contributed by atoms with van der Waals surface area (Å²) in [5.41, 5.74) is 0.332. The van der Waals surface area contributed by atoms with Crippen molar-refractivity contribution >= 4 is 5.97 Å². The van der Waals surface area contributed by atoms with Crippen LogP contribution in [0, 0.1) is 0 Å². The Morgan fingerprint density at radius 3 is 2.93 bits per heavy atom. The molecule has 0 fully saturated rings. The van der Waals surface area contributed by atoms with Crippen molar-refractivity contribution < 1.29 is 18.7 Å². The zero-order valence-corrected chi connectivity index (χ0v) is 7.23. The predicted octanol–water partition coefficient (Wildman–Crippen LogP) is 0.560. The van der Waals surface area contributed by atoms with Gasteiger partial charge in [-0.2, -0.15) is 0 Å². The maximum absolute atomic E-state index is 11.8. The monoisotopic (exact) mass is 205 g/mol. The lowest BCUT2D eigenvalue weighted by molar-refractivity contribution is -0.136. The summed E-state index contributed by atoms with van der Waals surface area (Å²) in [4.78, 5) is 10.3. The number of carboxylic acid groups (broad SMARTS) is 1. The molecule has 1 aromatic rings. The van der Waals surface area contributed by atoms with Gasteiger partial charge in [-0.1, -0.05) is 5.21 Å². The lowest BCUT2D eigenvalue weighted by atomic mass is 10.3. The normalized spacial score (nSPS) is 10.8. The highest BCUT2D eigenvalue weighted by molar-refractivity contribution is 5.69. The van der Waals surface area contributed by atoms with Gasteiger partial charge in [0.05, 0.1) is 18.3 Å². The van der Waals surface area contributed by atoms with Crippen LogP contribution >= 0.6 is 0 Å². The molecular formula is C7H9F2N3O2. The highest BCUT2D eigenvalue weighted by Gasteiger charge is 2.10. The number of carboxylic acids is 1. The fraction of sp³-hybridized carbons (Fsp3) is 0.571. The third-order valence-corrected chi connectivity index (χ3v) is 1.59. The molecule has 0 aliphatic carbocycles. The molecule has 0 spiro atoms. The average Bonchev–Trinajstić information content (AvgIpc) is 2.47. The van der Waals surface area contributed by atoms with Crippen LogP contribution in [0.1, 0.15) is 12.1 Å². The molecule has 0 aliphatic heterocycles. The van der Waals surface area contributed by atoms with Gasteiger partial charge < -0.3 is 5.11 Å². The topological polar surface area (TPSA) is 68.0 Å². The molecule has 0 unspecified atom stereocenters. The van der Waals surface area contributed by atoms with Crippen LogP contribution in [-0.4, -0.2) is 32.5 Å². The van der Waals surface area contributed by atoms with Gasteiger partial charge in [-0.05, 0) is 0 Å². The van der Waals surface area contributed by atoms with Gasteiger partial charge >= 0.3 is 5.97 Å². The van der Waals surface area contributed by atoms with Crippen molar-refractivity contribution in [3.05, 3.63) is 11.9 Å². The highest BCUT2D eigenvalue weighted by atomic mass is 19.3. The Balaban J connectivity index is 2.58. The molecule has 1 heterocycles. The first kappa shape index (κ1) is 10.6. The van der Waals surface area contributed by atoms with Gasteiger partial charge in [-0.15, -0.1) is 5.10 Å². The predicted molar refractivity (Wildman–Crippen MR) is 42.0 cm³/mol. The summed E-state index contributed by atoms with van der Waals surface area (Å²) in [6, 6.07) is 0. The minimum atomic E-state index is -2.42. The zero-order chi connectivity index (χ0) is 10.6. The van der Waals surface area contributed by atoms with Crippen molar-refractivity contribution in [2.45, 2.75) is 25.8 Å². The number of carbonyl (C=O) groups is 1. The van der Waals surface area contributed by atoms with Gasteiger partial charge in [0.2, 0.25) is 6.43 Å². The number of aliphatic carboxylic acids is 1. The Labute approximate surface area is 78.3 Å². The van der Waals surface area contributed by atoms with Crippen LogP contribution in [0.25, 0.3) is 0 Å². The number of rotatable bonds is 5. The van der Waals surface area contributed by atoms with Crippen molar-refractivity contribution in [2.24, 2.45) is 0 Å². The molecule has 0 bridgehead atoms. The van der Waals surface area contributed by atoms with E-state index < -0.39 is 12.4 Å². The van der Waals surface area contributed by atoms with Crippen LogP contribution < -0.4 is 0 Å². The Kier molecular flexibility index (Phi) is 3.49. The van der Waals surface area contributed by atoms with Gasteiger partial charge in [-0.25, -0.2) is 13.5 Å². The molecule has 1 rings (SSSR count). The van der Waals surface area contributed by atoms with Gasteiger partial charge in [-0.3, -0.25) is 4.79 Å². The van der Waals surface area contributed by atoms with E-state index in [0.717, 1.165) is 0 Å². The number of aryl methyl sites for hydroxylation is 1. The molecule has 5 nitrogen and oxygen atoms in total. The Morgan fingerprint density at radius 1 is 1.64 bits per heavy atom. The quantitative estimate of drug-likeness (QED) is 0.762. The molecule has 0 saturated carbocycles. The lowest BCUT2D eigenvalue weighted by Crippen LogP contribution is -2.11. The van der Waals surface area contributed by atoms with E-state index >= 15 is 0 Å². The second-order valence-corrected chi connectivity index (χ2v) is 2.70. The summed E-state index contributed by atoms with van der Waals surface area (Å²) in [6.07, 6.45) is -1.76. The van der Waals surface area contributed by atoms with Crippen LogP contribution in [0.3, 0.4) is 0 Å². The summed E-state index contributed by atoms with van der Waals surface area (Å²) < 4.78 is 24.9. The van der Waals surface area contributed by atoms with Crippen molar-refractivity contribution in [3.63, 3.8) is 0 Å². The molecule has 14 heavy (non-hydrogen) atoms. The van der Waals surface area contributed by atoms with Crippen molar-refractivity contribution in [1.29, 1.82) is 0 Å². The Bertz CT molecular complexity index is 314. The highest BCUT2D eigenvalue weighted by Crippen LogP contribution is 2.04. The van der Waals surface area contributed by atoms with E-state index in [2.05, 4.69) is 10.3 Å². The van der Waals surface area contributed by atoms with E-state index in [-0.39, 0.29) is 19.4 Å². The van der Waals surface area contributed by atoms with Gasteiger partial charge in [0.15, 0.2) is 0 Å². The van der Waals surface area contributed by atoms with Crippen LogP contribution in [0.15, 0.2) is 6.20 Å². The van der Waals surface area contributed by atoms with Gasteiger partial charge in [0.1, 0.15) is 0 Å². The van der Waals surface area contributed by atoms with E-state index in [4.69, 9.17) is 5.11 Å². The maximum atomic E-state index is 11.8. The fourth-order valence-corrected chi connectivity index (χ4v) is 0.979. The first-order valence-electron chi connectivity index (χ1n) is 3.97. The number of halogens is 2. The van der Waals surface area contributed by atoms with E-state index in [0.29, 0.717) is 5.69 Å². The number of hydrogen-bond acceptors (Lipinski definition) is 3. The van der Waals surface area contributed by atoms with Crippen molar-refractivity contribution in [2.75, 3.05) is 0 Å². The van der Waals surface area contributed by atoms with Gasteiger partial charge in [0, 0.05) is 13.0 Å². The standard InChI is InChI=1S/C7H9F2N3O2/c8-6(9)1-2-12-5(3-7(13)14)4-10-11-12/h4,6H,1-3H2,(H,13,14). The second kappa shape index (κ2) is 4.64. The van der Waals surface area contributed by atoms with Crippen LogP contribution in [0.4, 0.5) is 8.78 Å². The van der Waals surface area contributed by atoms with E-state index in [1.165, 1.54) is 10.9 Å². The summed E-state index contributed by atoms with van der Waals surface area (Å²) in [5, 5.41) is 15.4. The number of alkyl halides is 2.